The number of amidine groups is 1. The molecular weight excluding hydrogens is 278 g/mol. The fourth-order valence-electron chi connectivity index (χ4n) is 2.35. The second-order valence-electron chi connectivity index (χ2n) is 8.00. The van der Waals surface area contributed by atoms with Gasteiger partial charge in [0, 0.05) is 17.7 Å². The first-order valence-corrected chi connectivity index (χ1v) is 7.60. The van der Waals surface area contributed by atoms with E-state index in [1.165, 1.54) is 0 Å². The van der Waals surface area contributed by atoms with Gasteiger partial charge in [-0.15, -0.1) is 0 Å². The third-order valence-electron chi connectivity index (χ3n) is 4.67. The van der Waals surface area contributed by atoms with Crippen LogP contribution < -0.4 is 5.06 Å². The summed E-state index contributed by atoms with van der Waals surface area (Å²) in [7, 11) is 0. The van der Waals surface area contributed by atoms with Crippen LogP contribution in [0.5, 0.6) is 0 Å². The summed E-state index contributed by atoms with van der Waals surface area (Å²) in [5, 5.41) is 25.9. The van der Waals surface area contributed by atoms with Gasteiger partial charge in [-0.25, -0.2) is 0 Å². The largest absolute Gasteiger partial charge is 0.628 e. The zero-order valence-corrected chi connectivity index (χ0v) is 14.5. The minimum atomic E-state index is -0.595. The van der Waals surface area contributed by atoms with Gasteiger partial charge in [0.1, 0.15) is 5.69 Å². The van der Waals surface area contributed by atoms with Crippen molar-refractivity contribution in [1.29, 1.82) is 0 Å². The van der Waals surface area contributed by atoms with Crippen LogP contribution in [0.2, 0.25) is 0 Å². The molecule has 1 aliphatic heterocycles. The number of nitrogens with zero attached hydrogens (tertiary/aromatic N) is 2. The van der Waals surface area contributed by atoms with Crippen LogP contribution in [-0.2, 0) is 5.21 Å². The standard InChI is InChI=1S/C17H26N3O2/c1-15(2,3)19(21)13-10-8-12(9-11-13)14-18-16(4,5)17(6,7)20(14)22/h8-11,19H,1-7H3. The molecule has 0 spiro atoms. The van der Waals surface area contributed by atoms with Gasteiger partial charge >= 0.3 is 0 Å². The molecule has 22 heavy (non-hydrogen) atoms. The zero-order valence-electron chi connectivity index (χ0n) is 14.5. The average Bonchev–Trinajstić information content (AvgIpc) is 2.57. The highest BCUT2D eigenvalue weighted by molar-refractivity contribution is 6.00. The highest BCUT2D eigenvalue weighted by Gasteiger charge is 2.50. The van der Waals surface area contributed by atoms with Crippen molar-refractivity contribution >= 4 is 11.5 Å². The highest BCUT2D eigenvalue weighted by atomic mass is 16.5. The minimum Gasteiger partial charge on any atom is -0.628 e. The molecule has 1 atom stereocenters. The van der Waals surface area contributed by atoms with Crippen molar-refractivity contribution in [3.8, 4) is 0 Å². The van der Waals surface area contributed by atoms with Crippen molar-refractivity contribution in [2.75, 3.05) is 0 Å². The van der Waals surface area contributed by atoms with E-state index in [4.69, 9.17) is 0 Å². The second kappa shape index (κ2) is 5.05. The fraction of sp³-hybridized carbons (Fsp3) is 0.588. The van der Waals surface area contributed by atoms with Gasteiger partial charge in [0.2, 0.25) is 0 Å². The van der Waals surface area contributed by atoms with Gasteiger partial charge in [-0.1, -0.05) is 5.21 Å². The average molecular weight is 304 g/mol. The smallest absolute Gasteiger partial charge is 0.159 e. The lowest BCUT2D eigenvalue weighted by atomic mass is 9.84. The fourth-order valence-corrected chi connectivity index (χ4v) is 2.35. The lowest BCUT2D eigenvalue weighted by Gasteiger charge is -2.35. The zero-order chi connectivity index (χ0) is 16.9. The lowest BCUT2D eigenvalue weighted by molar-refractivity contribution is -0.832. The molecule has 0 fully saturated rings. The van der Waals surface area contributed by atoms with Crippen molar-refractivity contribution in [1.82, 2.24) is 5.06 Å². The van der Waals surface area contributed by atoms with E-state index in [1.807, 2.05) is 48.5 Å². The Morgan fingerprint density at radius 3 is 1.95 bits per heavy atom. The Morgan fingerprint density at radius 2 is 1.59 bits per heavy atom. The maximum absolute atomic E-state index is 12.5. The third-order valence-corrected chi connectivity index (χ3v) is 4.67. The van der Waals surface area contributed by atoms with Crippen molar-refractivity contribution in [2.45, 2.75) is 65.1 Å². The number of quaternary nitrogens is 1. The summed E-state index contributed by atoms with van der Waals surface area (Å²) in [4.78, 5) is 4.59. The maximum atomic E-state index is 12.5. The predicted molar refractivity (Wildman–Crippen MR) is 87.4 cm³/mol. The van der Waals surface area contributed by atoms with E-state index < -0.39 is 16.6 Å². The summed E-state index contributed by atoms with van der Waals surface area (Å²) >= 11 is 0. The Hall–Kier alpha value is -1.43. The van der Waals surface area contributed by atoms with Crippen molar-refractivity contribution in [2.24, 2.45) is 4.99 Å². The molecule has 0 saturated carbocycles. The first-order chi connectivity index (χ1) is 9.88. The highest BCUT2D eigenvalue weighted by Crippen LogP contribution is 2.38. The molecule has 1 heterocycles. The molecule has 0 amide bonds. The first kappa shape index (κ1) is 16.9. The number of hydroxylamine groups is 3. The normalized spacial score (nSPS) is 21.7. The topological polar surface area (TPSA) is 63.0 Å². The molecule has 0 aromatic heterocycles. The number of aliphatic imine (C=N–C) groups is 1. The number of hydrogen-bond donors (Lipinski definition) is 1. The van der Waals surface area contributed by atoms with E-state index in [-0.39, 0.29) is 5.06 Å². The van der Waals surface area contributed by atoms with Crippen molar-refractivity contribution in [3.63, 3.8) is 0 Å². The van der Waals surface area contributed by atoms with Gasteiger partial charge in [0.25, 0.3) is 0 Å². The summed E-state index contributed by atoms with van der Waals surface area (Å²) in [6, 6.07) is 7.16. The molecule has 1 N–H and O–H groups in total. The van der Waals surface area contributed by atoms with E-state index in [9.17, 15) is 10.4 Å². The van der Waals surface area contributed by atoms with Crippen LogP contribution in [0.15, 0.2) is 29.3 Å². The Kier molecular flexibility index (Phi) is 3.88. The maximum Gasteiger partial charge on any atom is 0.159 e. The summed E-state index contributed by atoms with van der Waals surface area (Å²) in [6.07, 6.45) is 0. The summed E-state index contributed by atoms with van der Waals surface area (Å²) in [5.74, 6) is 0.435. The molecule has 1 aromatic rings. The predicted octanol–water partition coefficient (Wildman–Crippen LogP) is 2.46. The number of benzene rings is 1. The van der Waals surface area contributed by atoms with E-state index in [1.54, 1.807) is 24.3 Å². The Bertz CT molecular complexity index is 583. The van der Waals surface area contributed by atoms with Gasteiger partial charge in [0.05, 0.1) is 16.6 Å². The second-order valence-corrected chi connectivity index (χ2v) is 8.00. The summed E-state index contributed by atoms with van der Waals surface area (Å²) < 4.78 is 0. The van der Waals surface area contributed by atoms with Crippen LogP contribution in [0, 0.1) is 5.21 Å². The van der Waals surface area contributed by atoms with Crippen LogP contribution in [0.3, 0.4) is 0 Å². The molecular formula is C17H26N3O2. The first-order valence-electron chi connectivity index (χ1n) is 7.60. The number of rotatable bonds is 2. The Morgan fingerprint density at radius 1 is 1.09 bits per heavy atom. The van der Waals surface area contributed by atoms with Gasteiger partial charge in [-0.05, 0) is 60.6 Å². The number of hydrogen-bond acceptors (Lipinski definition) is 3. The molecule has 2 rings (SSSR count). The van der Waals surface area contributed by atoms with Crippen LogP contribution in [0.1, 0.15) is 54.0 Å². The monoisotopic (exact) mass is 304 g/mol. The Balaban J connectivity index is 2.33. The van der Waals surface area contributed by atoms with Crippen LogP contribution in [0.4, 0.5) is 5.69 Å². The van der Waals surface area contributed by atoms with Gasteiger partial charge in [-0.2, -0.15) is 5.06 Å². The third kappa shape index (κ3) is 2.64. The molecule has 0 aliphatic carbocycles. The molecule has 1 radical (unpaired) electrons. The molecule has 5 heteroatoms. The van der Waals surface area contributed by atoms with Crippen LogP contribution in [-0.4, -0.2) is 27.5 Å². The van der Waals surface area contributed by atoms with E-state index in [2.05, 4.69) is 4.99 Å². The molecule has 121 valence electrons. The van der Waals surface area contributed by atoms with Crippen LogP contribution in [0.25, 0.3) is 0 Å². The molecule has 1 aromatic carbocycles. The molecule has 0 bridgehead atoms. The SMILES string of the molecule is CC(C)(C)[NH+]([O-])c1ccc(C2=NC(C)(C)C(C)(C)N2[O])cc1. The van der Waals surface area contributed by atoms with Crippen molar-refractivity contribution in [3.05, 3.63) is 35.0 Å². The lowest BCUT2D eigenvalue weighted by Crippen LogP contribution is -3.10. The molecule has 0 saturated heterocycles. The molecule has 1 unspecified atom stereocenters. The summed E-state index contributed by atoms with van der Waals surface area (Å²) in [6.45, 7) is 13.4. The van der Waals surface area contributed by atoms with Gasteiger partial charge < -0.3 is 10.3 Å². The van der Waals surface area contributed by atoms with Gasteiger partial charge in [0.15, 0.2) is 5.84 Å². The Labute approximate surface area is 132 Å². The molecule has 1 aliphatic rings. The van der Waals surface area contributed by atoms with Gasteiger partial charge in [-0.3, -0.25) is 4.99 Å². The van der Waals surface area contributed by atoms with Crippen molar-refractivity contribution < 1.29 is 10.3 Å². The molecule has 5 nitrogen and oxygen atoms in total. The quantitative estimate of drug-likeness (QED) is 0.853. The van der Waals surface area contributed by atoms with E-state index >= 15 is 0 Å². The van der Waals surface area contributed by atoms with E-state index in [0.717, 1.165) is 10.6 Å². The van der Waals surface area contributed by atoms with Crippen LogP contribution >= 0.6 is 0 Å². The summed E-state index contributed by atoms with van der Waals surface area (Å²) in [5.41, 5.74) is -0.0578. The minimum absolute atomic E-state index is 0.0899. The van der Waals surface area contributed by atoms with E-state index in [0.29, 0.717) is 11.5 Å². The number of nitrogens with one attached hydrogen (secondary N) is 1.